The van der Waals surface area contributed by atoms with Crippen molar-refractivity contribution < 1.29 is 58.5 Å². The quantitative estimate of drug-likeness (QED) is 0.521. The Labute approximate surface area is 133 Å². The van der Waals surface area contributed by atoms with Crippen LogP contribution in [0.3, 0.4) is 0 Å². The van der Waals surface area contributed by atoms with Crippen LogP contribution in [-0.4, -0.2) is 37.3 Å². The third kappa shape index (κ3) is 6.42. The van der Waals surface area contributed by atoms with Crippen LogP contribution < -0.4 is 0 Å². The van der Waals surface area contributed by atoms with Gasteiger partial charge in [-0.2, -0.15) is 26.3 Å². The van der Waals surface area contributed by atoms with Gasteiger partial charge in [-0.05, 0) is 12.1 Å². The largest absolute Gasteiger partial charge is 0.527 e. The van der Waals surface area contributed by atoms with Gasteiger partial charge in [-0.25, -0.2) is 14.3 Å². The molecule has 0 atom stereocenters. The normalized spacial score (nSPS) is 13.6. The summed E-state index contributed by atoms with van der Waals surface area (Å²) in [6, 6.07) is 6.24. The minimum atomic E-state index is -6.46. The van der Waals surface area contributed by atoms with Crippen molar-refractivity contribution in [2.75, 3.05) is 6.61 Å². The van der Waals surface area contributed by atoms with Crippen molar-refractivity contribution in [3.05, 3.63) is 35.9 Å². The van der Waals surface area contributed by atoms with E-state index in [9.17, 15) is 44.3 Å². The maximum Gasteiger partial charge on any atom is 0.527 e. The third-order valence-corrected chi connectivity index (χ3v) is 2.24. The average Bonchev–Trinajstić information content (AvgIpc) is 2.42. The predicted octanol–water partition coefficient (Wildman–Crippen LogP) is 4.17. The van der Waals surface area contributed by atoms with Gasteiger partial charge in [-0.15, -0.1) is 13.2 Å². The topological polar surface area (TPSA) is 44.8 Å². The van der Waals surface area contributed by atoms with Gasteiger partial charge in [-0.1, -0.05) is 18.2 Å². The summed E-state index contributed by atoms with van der Waals surface area (Å²) in [5, 5.41) is 0. The minimum absolute atomic E-state index is 0.282. The van der Waals surface area contributed by atoms with Crippen molar-refractivity contribution in [3.63, 3.8) is 0 Å². The molecule has 0 amide bonds. The first kappa shape index (κ1) is 21.0. The van der Waals surface area contributed by atoms with E-state index >= 15 is 0 Å². The second-order valence-electron chi connectivity index (χ2n) is 4.26. The fraction of sp³-hybridized carbons (Fsp3) is 0.417. The van der Waals surface area contributed by atoms with E-state index in [2.05, 4.69) is 9.47 Å². The zero-order valence-electron chi connectivity index (χ0n) is 11.6. The van der Waals surface area contributed by atoms with Gasteiger partial charge in [0.2, 0.25) is 0 Å². The van der Waals surface area contributed by atoms with Crippen LogP contribution in [0.4, 0.5) is 39.5 Å². The van der Waals surface area contributed by atoms with Gasteiger partial charge in [0.1, 0.15) is 0 Å². The molecule has 0 N–H and O–H groups in total. The first-order chi connectivity index (χ1) is 11.2. The number of carbonyl (C=O) groups excluding carboxylic acids is 1. The van der Waals surface area contributed by atoms with Gasteiger partial charge in [0.15, 0.2) is 6.61 Å². The molecule has 1 aromatic carbocycles. The Bertz CT molecular complexity index is 586. The Hall–Kier alpha value is -2.02. The van der Waals surface area contributed by atoms with Crippen LogP contribution in [0, 0.1) is 0 Å². The van der Waals surface area contributed by atoms with Gasteiger partial charge in [0, 0.05) is 0 Å². The number of benzene rings is 1. The van der Waals surface area contributed by atoms with E-state index in [1.54, 1.807) is 4.74 Å². The molecule has 0 saturated carbocycles. The molecule has 4 nitrogen and oxygen atoms in total. The molecule has 25 heavy (non-hydrogen) atoms. The predicted molar refractivity (Wildman–Crippen MR) is 59.8 cm³/mol. The highest BCUT2D eigenvalue weighted by molar-refractivity contribution is 5.89. The first-order valence-corrected chi connectivity index (χ1v) is 5.98. The fourth-order valence-corrected chi connectivity index (χ4v) is 1.29. The fourth-order valence-electron chi connectivity index (χ4n) is 1.29. The highest BCUT2D eigenvalue weighted by atomic mass is 19.4. The molecule has 0 aliphatic carbocycles. The summed E-state index contributed by atoms with van der Waals surface area (Å²) in [4.78, 5) is 11.3. The number of rotatable bonds is 7. The molecule has 142 valence electrons. The molecule has 0 saturated heterocycles. The SMILES string of the molecule is O=C(OCC(F)(F)OC(F)(F)C(F)(F)OC(F)(F)F)c1ccccc1. The highest BCUT2D eigenvalue weighted by Crippen LogP contribution is 2.43. The van der Waals surface area contributed by atoms with Gasteiger partial charge in [-0.3, -0.25) is 0 Å². The monoisotopic (exact) mass is 386 g/mol. The molecule has 1 rings (SSSR count). The number of halogens is 9. The van der Waals surface area contributed by atoms with Crippen molar-refractivity contribution in [1.29, 1.82) is 0 Å². The van der Waals surface area contributed by atoms with Crippen LogP contribution in [0.15, 0.2) is 30.3 Å². The Morgan fingerprint density at radius 2 is 1.28 bits per heavy atom. The second-order valence-corrected chi connectivity index (χ2v) is 4.26. The van der Waals surface area contributed by atoms with E-state index in [0.29, 0.717) is 0 Å². The molecule has 0 unspecified atom stereocenters. The van der Waals surface area contributed by atoms with E-state index < -0.39 is 37.3 Å². The highest BCUT2D eigenvalue weighted by Gasteiger charge is 2.68. The van der Waals surface area contributed by atoms with E-state index in [1.807, 2.05) is 0 Å². The molecule has 0 aliphatic heterocycles. The minimum Gasteiger partial charge on any atom is -0.453 e. The average molecular weight is 386 g/mol. The van der Waals surface area contributed by atoms with Gasteiger partial charge in [0.05, 0.1) is 5.56 Å². The number of esters is 1. The molecule has 0 aromatic heterocycles. The van der Waals surface area contributed by atoms with Gasteiger partial charge >= 0.3 is 30.7 Å². The Kier molecular flexibility index (Phi) is 5.95. The molecule has 0 aliphatic rings. The lowest BCUT2D eigenvalue weighted by molar-refractivity contribution is -0.529. The molecular weight excluding hydrogens is 379 g/mol. The molecular formula is C12H7F9O4. The number of hydrogen-bond donors (Lipinski definition) is 0. The van der Waals surface area contributed by atoms with Crippen LogP contribution >= 0.6 is 0 Å². The Balaban J connectivity index is 2.73. The Morgan fingerprint density at radius 1 is 0.800 bits per heavy atom. The molecule has 1 aromatic rings. The van der Waals surface area contributed by atoms with E-state index in [-0.39, 0.29) is 5.56 Å². The summed E-state index contributed by atoms with van der Waals surface area (Å²) in [5.41, 5.74) is -0.282. The molecule has 0 heterocycles. The standard InChI is InChI=1S/C12H7F9O4/c13-9(14,6-23-8(22)7-4-2-1-3-5-7)24-10(15,16)11(17,18)25-12(19,20)21/h1-5H,6H2. The first-order valence-electron chi connectivity index (χ1n) is 5.98. The summed E-state index contributed by atoms with van der Waals surface area (Å²) >= 11 is 0. The lowest BCUT2D eigenvalue weighted by atomic mass is 10.2. The molecule has 13 heteroatoms. The zero-order chi connectivity index (χ0) is 19.5. The summed E-state index contributed by atoms with van der Waals surface area (Å²) in [5.74, 6) is -1.44. The van der Waals surface area contributed by atoms with Crippen molar-refractivity contribution in [2.45, 2.75) is 24.7 Å². The van der Waals surface area contributed by atoms with Crippen molar-refractivity contribution in [3.8, 4) is 0 Å². The van der Waals surface area contributed by atoms with Crippen LogP contribution in [0.2, 0.25) is 0 Å². The number of hydrogen-bond acceptors (Lipinski definition) is 4. The van der Waals surface area contributed by atoms with Gasteiger partial charge < -0.3 is 4.74 Å². The maximum atomic E-state index is 13.1. The van der Waals surface area contributed by atoms with E-state index in [0.717, 1.165) is 12.1 Å². The van der Waals surface area contributed by atoms with E-state index in [4.69, 9.17) is 0 Å². The molecule has 0 fully saturated rings. The third-order valence-electron chi connectivity index (χ3n) is 2.24. The lowest BCUT2D eigenvalue weighted by Crippen LogP contribution is -2.52. The Morgan fingerprint density at radius 3 is 1.76 bits per heavy atom. The number of carbonyl (C=O) groups is 1. The molecule has 0 radical (unpaired) electrons. The van der Waals surface area contributed by atoms with Crippen molar-refractivity contribution in [2.24, 2.45) is 0 Å². The summed E-state index contributed by atoms with van der Waals surface area (Å²) in [6.45, 7) is -2.27. The molecule has 0 spiro atoms. The smallest absolute Gasteiger partial charge is 0.453 e. The van der Waals surface area contributed by atoms with Crippen LogP contribution in [0.25, 0.3) is 0 Å². The lowest BCUT2D eigenvalue weighted by Gasteiger charge is -2.29. The molecule has 0 bridgehead atoms. The van der Waals surface area contributed by atoms with Crippen LogP contribution in [0.5, 0.6) is 0 Å². The maximum absolute atomic E-state index is 13.1. The number of alkyl halides is 9. The summed E-state index contributed by atoms with van der Waals surface area (Å²) < 4.78 is 120. The van der Waals surface area contributed by atoms with Crippen molar-refractivity contribution in [1.82, 2.24) is 0 Å². The zero-order valence-corrected chi connectivity index (χ0v) is 11.6. The van der Waals surface area contributed by atoms with Crippen LogP contribution in [0.1, 0.15) is 10.4 Å². The van der Waals surface area contributed by atoms with E-state index in [1.165, 1.54) is 18.2 Å². The number of ether oxygens (including phenoxy) is 3. The van der Waals surface area contributed by atoms with Crippen LogP contribution in [-0.2, 0) is 14.2 Å². The summed E-state index contributed by atoms with van der Waals surface area (Å²) in [6.07, 6.45) is -24.3. The second kappa shape index (κ2) is 7.07. The van der Waals surface area contributed by atoms with Gasteiger partial charge in [0.25, 0.3) is 0 Å². The van der Waals surface area contributed by atoms with Crippen molar-refractivity contribution >= 4 is 5.97 Å². The summed E-state index contributed by atoms with van der Waals surface area (Å²) in [7, 11) is 0.